The predicted octanol–water partition coefficient (Wildman–Crippen LogP) is 5.11. The van der Waals surface area contributed by atoms with Crippen LogP contribution in [0, 0.1) is 13.8 Å². The van der Waals surface area contributed by atoms with Crippen LogP contribution in [-0.4, -0.2) is 27.4 Å². The summed E-state index contributed by atoms with van der Waals surface area (Å²) in [6.45, 7) is 4.76. The molecule has 0 saturated carbocycles. The molecule has 30 heavy (non-hydrogen) atoms. The predicted molar refractivity (Wildman–Crippen MR) is 124 cm³/mol. The number of ether oxygens (including phenoxy) is 1. The lowest BCUT2D eigenvalue weighted by molar-refractivity contribution is 0.0925. The highest BCUT2D eigenvalue weighted by Gasteiger charge is 2.15. The zero-order valence-electron chi connectivity index (χ0n) is 17.3. The standard InChI is InChI=1S/C25H26N2O2.ClH/c1-18-12-13-24(19(2)14-18)29-17-21(28)16-27-23-11-7-6-10-22(23)26-25(27)15-20-8-4-3-5-9-20;/h3-14,21,28H,15-17H2,1-2H3;1H. The highest BCUT2D eigenvalue weighted by atomic mass is 35.5. The average molecular weight is 423 g/mol. The van der Waals surface area contributed by atoms with E-state index in [-0.39, 0.29) is 19.0 Å². The van der Waals surface area contributed by atoms with Crippen molar-refractivity contribution in [3.63, 3.8) is 0 Å². The number of imidazole rings is 1. The van der Waals surface area contributed by atoms with Crippen molar-refractivity contribution in [2.45, 2.75) is 32.9 Å². The van der Waals surface area contributed by atoms with Crippen LogP contribution in [0.5, 0.6) is 5.75 Å². The Hall–Kier alpha value is -2.82. The normalized spacial score (nSPS) is 11.8. The van der Waals surface area contributed by atoms with Crippen molar-refractivity contribution in [1.29, 1.82) is 0 Å². The number of para-hydroxylation sites is 2. The first-order chi connectivity index (χ1) is 14.1. The van der Waals surface area contributed by atoms with E-state index in [2.05, 4.69) is 35.8 Å². The van der Waals surface area contributed by atoms with Crippen molar-refractivity contribution < 1.29 is 9.84 Å². The fraction of sp³-hybridized carbons (Fsp3) is 0.240. The van der Waals surface area contributed by atoms with Crippen molar-refractivity contribution in [2.24, 2.45) is 0 Å². The van der Waals surface area contributed by atoms with Crippen molar-refractivity contribution >= 4 is 23.4 Å². The topological polar surface area (TPSA) is 47.3 Å². The van der Waals surface area contributed by atoms with E-state index in [1.807, 2.05) is 55.5 Å². The maximum Gasteiger partial charge on any atom is 0.122 e. The summed E-state index contributed by atoms with van der Waals surface area (Å²) >= 11 is 0. The number of hydrogen-bond acceptors (Lipinski definition) is 3. The first-order valence-electron chi connectivity index (χ1n) is 9.96. The van der Waals surface area contributed by atoms with E-state index in [4.69, 9.17) is 9.72 Å². The summed E-state index contributed by atoms with van der Waals surface area (Å²) < 4.78 is 8.00. The summed E-state index contributed by atoms with van der Waals surface area (Å²) in [6.07, 6.45) is 0.0861. The van der Waals surface area contributed by atoms with Crippen molar-refractivity contribution in [2.75, 3.05) is 6.61 Å². The second-order valence-electron chi connectivity index (χ2n) is 7.52. The Balaban J connectivity index is 0.00000256. The van der Waals surface area contributed by atoms with E-state index in [0.717, 1.165) is 34.6 Å². The van der Waals surface area contributed by atoms with E-state index >= 15 is 0 Å². The maximum absolute atomic E-state index is 10.7. The van der Waals surface area contributed by atoms with Gasteiger partial charge in [0.15, 0.2) is 0 Å². The van der Waals surface area contributed by atoms with Crippen LogP contribution < -0.4 is 4.74 Å². The highest BCUT2D eigenvalue weighted by Crippen LogP contribution is 2.21. The van der Waals surface area contributed by atoms with Gasteiger partial charge in [0.25, 0.3) is 0 Å². The number of nitrogens with zero attached hydrogens (tertiary/aromatic N) is 2. The number of rotatable bonds is 7. The van der Waals surface area contributed by atoms with Crippen molar-refractivity contribution in [3.05, 3.63) is 95.3 Å². The van der Waals surface area contributed by atoms with Gasteiger partial charge in [0.05, 0.1) is 17.6 Å². The average Bonchev–Trinajstić information content (AvgIpc) is 3.05. The van der Waals surface area contributed by atoms with E-state index in [9.17, 15) is 5.11 Å². The van der Waals surface area contributed by atoms with Gasteiger partial charge in [-0.2, -0.15) is 0 Å². The molecule has 0 fully saturated rings. The van der Waals surface area contributed by atoms with Gasteiger partial charge in [-0.1, -0.05) is 60.2 Å². The van der Waals surface area contributed by atoms with Gasteiger partial charge >= 0.3 is 0 Å². The molecule has 1 aromatic heterocycles. The third-order valence-corrected chi connectivity index (χ3v) is 5.09. The molecule has 0 aliphatic carbocycles. The SMILES string of the molecule is Cc1ccc(OCC(O)Cn2c(Cc3ccccc3)nc3ccccc32)c(C)c1.Cl. The number of aryl methyl sites for hydroxylation is 2. The molecule has 4 aromatic rings. The van der Waals surface area contributed by atoms with E-state index in [0.29, 0.717) is 6.54 Å². The highest BCUT2D eigenvalue weighted by molar-refractivity contribution is 5.85. The zero-order chi connectivity index (χ0) is 20.2. The van der Waals surface area contributed by atoms with Gasteiger partial charge in [-0.25, -0.2) is 4.98 Å². The van der Waals surface area contributed by atoms with Gasteiger partial charge in [0, 0.05) is 6.42 Å². The first-order valence-corrected chi connectivity index (χ1v) is 9.96. The minimum absolute atomic E-state index is 0. The minimum atomic E-state index is -0.636. The zero-order valence-corrected chi connectivity index (χ0v) is 18.1. The number of halogens is 1. The van der Waals surface area contributed by atoms with Gasteiger partial charge < -0.3 is 14.4 Å². The lowest BCUT2D eigenvalue weighted by atomic mass is 10.1. The Morgan fingerprint density at radius 2 is 1.70 bits per heavy atom. The number of aliphatic hydroxyl groups is 1. The molecule has 5 heteroatoms. The number of hydrogen-bond donors (Lipinski definition) is 1. The molecule has 1 N–H and O–H groups in total. The first kappa shape index (κ1) is 21.9. The second kappa shape index (κ2) is 9.79. The van der Waals surface area contributed by atoms with Crippen LogP contribution in [0.1, 0.15) is 22.5 Å². The Kier molecular flexibility index (Phi) is 7.14. The summed E-state index contributed by atoms with van der Waals surface area (Å²) in [5.74, 6) is 1.76. The third-order valence-electron chi connectivity index (χ3n) is 5.09. The van der Waals surface area contributed by atoms with Gasteiger partial charge in [-0.15, -0.1) is 12.4 Å². The molecule has 3 aromatic carbocycles. The molecule has 0 saturated heterocycles. The number of fused-ring (bicyclic) bond motifs is 1. The van der Waals surface area contributed by atoms with Gasteiger partial charge in [0.1, 0.15) is 24.3 Å². The van der Waals surface area contributed by atoms with Gasteiger partial charge in [-0.05, 0) is 43.2 Å². The molecule has 4 nitrogen and oxygen atoms in total. The molecule has 1 heterocycles. The van der Waals surface area contributed by atoms with E-state index in [1.165, 1.54) is 11.1 Å². The summed E-state index contributed by atoms with van der Waals surface area (Å²) in [7, 11) is 0. The van der Waals surface area contributed by atoms with Crippen LogP contribution in [0.3, 0.4) is 0 Å². The summed E-state index contributed by atoms with van der Waals surface area (Å²) in [5, 5.41) is 10.7. The van der Waals surface area contributed by atoms with Crippen molar-refractivity contribution in [1.82, 2.24) is 9.55 Å². The molecule has 1 atom stereocenters. The van der Waals surface area contributed by atoms with Crippen molar-refractivity contribution in [3.8, 4) is 5.75 Å². The Labute approximate surface area is 183 Å². The van der Waals surface area contributed by atoms with Crippen LogP contribution in [0.25, 0.3) is 11.0 Å². The largest absolute Gasteiger partial charge is 0.491 e. The monoisotopic (exact) mass is 422 g/mol. The third kappa shape index (κ3) is 5.02. The van der Waals surface area contributed by atoms with Crippen LogP contribution >= 0.6 is 12.4 Å². The Morgan fingerprint density at radius 1 is 0.967 bits per heavy atom. The van der Waals surface area contributed by atoms with Crippen LogP contribution in [0.2, 0.25) is 0 Å². The molecule has 1 unspecified atom stereocenters. The second-order valence-corrected chi connectivity index (χ2v) is 7.52. The Bertz CT molecular complexity index is 1110. The summed E-state index contributed by atoms with van der Waals surface area (Å²) in [5.41, 5.74) is 5.45. The van der Waals surface area contributed by atoms with Gasteiger partial charge in [0.2, 0.25) is 0 Å². The summed E-state index contributed by atoms with van der Waals surface area (Å²) in [6, 6.07) is 24.4. The lowest BCUT2D eigenvalue weighted by Crippen LogP contribution is -2.25. The fourth-order valence-electron chi connectivity index (χ4n) is 3.65. The number of aromatic nitrogens is 2. The molecule has 0 aliphatic rings. The molecule has 0 radical (unpaired) electrons. The quantitative estimate of drug-likeness (QED) is 0.450. The molecule has 0 bridgehead atoms. The van der Waals surface area contributed by atoms with Gasteiger partial charge in [-0.3, -0.25) is 0 Å². The van der Waals surface area contributed by atoms with Crippen LogP contribution in [0.4, 0.5) is 0 Å². The molecule has 0 spiro atoms. The number of aliphatic hydroxyl groups excluding tert-OH is 1. The van der Waals surface area contributed by atoms with E-state index in [1.54, 1.807) is 0 Å². The number of benzene rings is 3. The van der Waals surface area contributed by atoms with Crippen LogP contribution in [-0.2, 0) is 13.0 Å². The Morgan fingerprint density at radius 3 is 2.47 bits per heavy atom. The molecule has 4 rings (SSSR count). The fourth-order valence-corrected chi connectivity index (χ4v) is 3.65. The molecule has 0 amide bonds. The lowest BCUT2D eigenvalue weighted by Gasteiger charge is -2.17. The molecular formula is C25H27ClN2O2. The maximum atomic E-state index is 10.7. The molecule has 156 valence electrons. The van der Waals surface area contributed by atoms with E-state index < -0.39 is 6.10 Å². The minimum Gasteiger partial charge on any atom is -0.491 e. The molecular weight excluding hydrogens is 396 g/mol. The smallest absolute Gasteiger partial charge is 0.122 e. The molecule has 0 aliphatic heterocycles. The summed E-state index contributed by atoms with van der Waals surface area (Å²) in [4.78, 5) is 4.81. The van der Waals surface area contributed by atoms with Crippen LogP contribution in [0.15, 0.2) is 72.8 Å².